The van der Waals surface area contributed by atoms with Crippen molar-refractivity contribution in [2.75, 3.05) is 0 Å². The van der Waals surface area contributed by atoms with E-state index in [1.165, 1.54) is 16.5 Å². The molecule has 0 aliphatic heterocycles. The van der Waals surface area contributed by atoms with Crippen molar-refractivity contribution in [1.29, 1.82) is 0 Å². The van der Waals surface area contributed by atoms with Crippen LogP contribution in [0.3, 0.4) is 0 Å². The first-order valence-electron chi connectivity index (χ1n) is 18.3. The minimum atomic E-state index is -0.130. The molecule has 5 nitrogen and oxygen atoms in total. The van der Waals surface area contributed by atoms with Gasteiger partial charge in [-0.15, -0.1) is 41.3 Å². The van der Waals surface area contributed by atoms with Gasteiger partial charge in [0.25, 0.3) is 0 Å². The van der Waals surface area contributed by atoms with Crippen LogP contribution in [0.25, 0.3) is 44.4 Å². The van der Waals surface area contributed by atoms with Crippen LogP contribution in [0.15, 0.2) is 91.1 Å². The quantitative estimate of drug-likeness (QED) is 0.156. The Kier molecular flexibility index (Phi) is 10.2. The Morgan fingerprint density at radius 2 is 1.42 bits per heavy atom. The fourth-order valence-corrected chi connectivity index (χ4v) is 7.15. The van der Waals surface area contributed by atoms with Crippen molar-refractivity contribution in [2.24, 2.45) is 5.41 Å². The van der Waals surface area contributed by atoms with Crippen LogP contribution in [-0.4, -0.2) is 19.3 Å². The molecule has 0 atom stereocenters. The van der Waals surface area contributed by atoms with Crippen LogP contribution < -0.4 is 4.74 Å². The van der Waals surface area contributed by atoms with Crippen LogP contribution in [-0.2, 0) is 38.3 Å². The number of ether oxygens (including phenoxy) is 1. The molecule has 0 unspecified atom stereocenters. The summed E-state index contributed by atoms with van der Waals surface area (Å²) in [4.78, 5) is 4.90. The number of hydrogen-bond acceptors (Lipinski definition) is 3. The van der Waals surface area contributed by atoms with Crippen molar-refractivity contribution in [3.63, 3.8) is 0 Å². The average molecular weight is 882 g/mol. The van der Waals surface area contributed by atoms with Crippen LogP contribution in [0.1, 0.15) is 90.4 Å². The molecule has 0 bridgehead atoms. The van der Waals surface area contributed by atoms with E-state index in [9.17, 15) is 0 Å². The smallest absolute Gasteiger partial charge is 0.509 e. The summed E-state index contributed by atoms with van der Waals surface area (Å²) >= 11 is 0. The van der Waals surface area contributed by atoms with Crippen molar-refractivity contribution < 1.29 is 25.8 Å². The molecular formula is C47H50N4OPt. The summed E-state index contributed by atoms with van der Waals surface area (Å²) < 4.78 is 10.9. The second kappa shape index (κ2) is 14.1. The van der Waals surface area contributed by atoms with E-state index in [0.717, 1.165) is 62.4 Å². The van der Waals surface area contributed by atoms with Gasteiger partial charge >= 0.3 is 21.1 Å². The fourth-order valence-electron chi connectivity index (χ4n) is 7.15. The molecule has 0 saturated carbocycles. The summed E-state index contributed by atoms with van der Waals surface area (Å²) in [7, 11) is 0. The van der Waals surface area contributed by atoms with E-state index in [-0.39, 0.29) is 37.3 Å². The van der Waals surface area contributed by atoms with Crippen molar-refractivity contribution in [3.8, 4) is 34.1 Å². The molecule has 0 N–H and O–H groups in total. The number of nitrogens with zero attached hydrogens (tertiary/aromatic N) is 4. The molecule has 0 amide bonds. The van der Waals surface area contributed by atoms with Gasteiger partial charge in [-0.2, -0.15) is 11.2 Å². The normalized spacial score (nSPS) is 12.4. The topological polar surface area (TPSA) is 44.9 Å². The van der Waals surface area contributed by atoms with Crippen LogP contribution in [0.2, 0.25) is 0 Å². The van der Waals surface area contributed by atoms with Crippen molar-refractivity contribution >= 4 is 21.8 Å². The standard InChI is InChI=1S/C47H50N4O.Pt/c1-30-44(33-15-13-12-14-16-33)31(2)51(49-30)36-24-35(47(9,10)11)25-38(27-36)52-37-18-19-39-40-23-32(29-45(3,4)5)17-20-41(40)50(42(39)28-37)43-26-34(21-22-48-43)46(6,7)8;/h12-26H,29H2,1-11H3;/q-2;+2. The van der Waals surface area contributed by atoms with Gasteiger partial charge in [-0.3, -0.25) is 4.68 Å². The predicted molar refractivity (Wildman–Crippen MR) is 215 cm³/mol. The second-order valence-electron chi connectivity index (χ2n) is 17.5. The van der Waals surface area contributed by atoms with Gasteiger partial charge in [0, 0.05) is 34.5 Å². The van der Waals surface area contributed by atoms with Crippen molar-refractivity contribution in [2.45, 2.75) is 93.4 Å². The molecule has 274 valence electrons. The van der Waals surface area contributed by atoms with Crippen LogP contribution in [0.4, 0.5) is 0 Å². The third kappa shape index (κ3) is 7.78. The van der Waals surface area contributed by atoms with E-state index in [2.05, 4.69) is 166 Å². The first-order valence-corrected chi connectivity index (χ1v) is 18.3. The molecule has 0 radical (unpaired) electrons. The molecule has 7 aromatic rings. The van der Waals surface area contributed by atoms with Gasteiger partial charge in [0.2, 0.25) is 0 Å². The van der Waals surface area contributed by atoms with E-state index in [1.54, 1.807) is 0 Å². The maximum absolute atomic E-state index is 6.71. The molecule has 0 aliphatic rings. The summed E-state index contributed by atoms with van der Waals surface area (Å²) in [5, 5.41) is 7.30. The van der Waals surface area contributed by atoms with Gasteiger partial charge in [0.15, 0.2) is 0 Å². The minimum Gasteiger partial charge on any atom is -0.509 e. The zero-order chi connectivity index (χ0) is 37.2. The summed E-state index contributed by atoms with van der Waals surface area (Å²) in [6.07, 6.45) is 2.90. The van der Waals surface area contributed by atoms with E-state index in [1.807, 2.05) is 23.0 Å². The van der Waals surface area contributed by atoms with Gasteiger partial charge < -0.3 is 9.30 Å². The number of hydrogen-bond donors (Lipinski definition) is 0. The van der Waals surface area contributed by atoms with Crippen LogP contribution in [0, 0.1) is 31.4 Å². The predicted octanol–water partition coefficient (Wildman–Crippen LogP) is 12.2. The van der Waals surface area contributed by atoms with Gasteiger partial charge in [-0.25, -0.2) is 4.98 Å². The minimum absolute atomic E-state index is 0. The average Bonchev–Trinajstić information content (AvgIpc) is 3.55. The number of aromatic nitrogens is 4. The Morgan fingerprint density at radius 1 is 0.698 bits per heavy atom. The van der Waals surface area contributed by atoms with Crippen molar-refractivity contribution in [3.05, 3.63) is 131 Å². The third-order valence-corrected chi connectivity index (χ3v) is 9.79. The molecule has 4 aromatic carbocycles. The number of aryl methyl sites for hydroxylation is 1. The Bertz CT molecular complexity index is 2430. The molecule has 3 heterocycles. The Hall–Kier alpha value is -4.47. The maximum atomic E-state index is 6.71. The van der Waals surface area contributed by atoms with Crippen LogP contribution in [0.5, 0.6) is 11.5 Å². The second-order valence-corrected chi connectivity index (χ2v) is 17.5. The Balaban J connectivity index is 0.00000481. The molecule has 0 fully saturated rings. The SMILES string of the molecule is Cc1nn(-c2[c-]c(Oc3[c-]c4c(cc3)c3cc(CC(C)(C)C)ccc3n4-c3cc(C(C)(C)C)ccn3)cc(C(C)(C)C)c2)c(C)c1-c1ccccc1.[Pt+2]. The van der Waals surface area contributed by atoms with Gasteiger partial charge in [-0.1, -0.05) is 110 Å². The molecule has 3 aromatic heterocycles. The first-order chi connectivity index (χ1) is 24.5. The number of benzene rings is 4. The molecule has 6 heteroatoms. The van der Waals surface area contributed by atoms with E-state index < -0.39 is 0 Å². The fraction of sp³-hybridized carbons (Fsp3) is 0.319. The summed E-state index contributed by atoms with van der Waals surface area (Å²) in [6.45, 7) is 24.4. The van der Waals surface area contributed by atoms with E-state index >= 15 is 0 Å². The monoisotopic (exact) mass is 881 g/mol. The largest absolute Gasteiger partial charge is 2.00 e. The number of fused-ring (bicyclic) bond motifs is 3. The first kappa shape index (κ1) is 38.3. The maximum Gasteiger partial charge on any atom is 2.00 e. The number of rotatable bonds is 6. The van der Waals surface area contributed by atoms with E-state index in [0.29, 0.717) is 11.5 Å². The molecule has 7 rings (SSSR count). The number of pyridine rings is 1. The summed E-state index contributed by atoms with van der Waals surface area (Å²) in [6, 6.07) is 37.3. The zero-order valence-corrected chi connectivity index (χ0v) is 35.2. The molecule has 53 heavy (non-hydrogen) atoms. The van der Waals surface area contributed by atoms with Crippen LogP contribution >= 0.6 is 0 Å². The zero-order valence-electron chi connectivity index (χ0n) is 32.9. The van der Waals surface area contributed by atoms with E-state index in [4.69, 9.17) is 14.8 Å². The van der Waals surface area contributed by atoms with Gasteiger partial charge in [0.05, 0.1) is 5.69 Å². The molecule has 0 saturated heterocycles. The molecular weight excluding hydrogens is 832 g/mol. The summed E-state index contributed by atoms with van der Waals surface area (Å²) in [5.74, 6) is 2.10. The molecule has 0 aliphatic carbocycles. The van der Waals surface area contributed by atoms with Gasteiger partial charge in [0.1, 0.15) is 5.82 Å². The Labute approximate surface area is 329 Å². The third-order valence-electron chi connectivity index (χ3n) is 9.79. The van der Waals surface area contributed by atoms with Gasteiger partial charge in [-0.05, 0) is 82.5 Å². The van der Waals surface area contributed by atoms with Crippen molar-refractivity contribution in [1.82, 2.24) is 19.3 Å². The summed E-state index contributed by atoms with van der Waals surface area (Å²) in [5.41, 5.74) is 10.9. The molecule has 0 spiro atoms. The Morgan fingerprint density at radius 3 is 2.09 bits per heavy atom.